The van der Waals surface area contributed by atoms with Crippen LogP contribution < -0.4 is 0 Å². The first-order valence-corrected chi connectivity index (χ1v) is 6.85. The van der Waals surface area contributed by atoms with E-state index in [9.17, 15) is 4.39 Å². The zero-order chi connectivity index (χ0) is 12.3. The molecule has 0 saturated carbocycles. The summed E-state index contributed by atoms with van der Waals surface area (Å²) < 4.78 is 13.3. The minimum absolute atomic E-state index is 0.180. The molecule has 0 aliphatic heterocycles. The molecule has 3 heteroatoms. The average molecular weight is 308 g/mol. The van der Waals surface area contributed by atoms with Gasteiger partial charge in [-0.25, -0.2) is 4.39 Å². The molecule has 0 N–H and O–H groups in total. The monoisotopic (exact) mass is 306 g/mol. The topological polar surface area (TPSA) is 0 Å². The fourth-order valence-corrected chi connectivity index (χ4v) is 2.97. The highest BCUT2D eigenvalue weighted by Crippen LogP contribution is 2.32. The van der Waals surface area contributed by atoms with E-state index < -0.39 is 0 Å². The molecular weight excluding hydrogens is 290 g/mol. The fourth-order valence-electron chi connectivity index (χ4n) is 1.56. The molecule has 90 valence electrons. The number of hydrogen-bond donors (Lipinski definition) is 0. The lowest BCUT2D eigenvalue weighted by Gasteiger charge is -2.29. The van der Waals surface area contributed by atoms with Crippen LogP contribution in [0.3, 0.4) is 0 Å². The Morgan fingerprint density at radius 1 is 1.38 bits per heavy atom. The van der Waals surface area contributed by atoms with E-state index in [2.05, 4.69) is 36.7 Å². The molecule has 1 aromatic carbocycles. The molecule has 1 aromatic rings. The molecule has 1 atom stereocenters. The maximum Gasteiger partial charge on any atom is 0.142 e. The van der Waals surface area contributed by atoms with Crippen molar-refractivity contribution in [1.82, 2.24) is 0 Å². The zero-order valence-electron chi connectivity index (χ0n) is 9.86. The summed E-state index contributed by atoms with van der Waals surface area (Å²) in [6.45, 7) is 6.56. The molecule has 0 saturated heterocycles. The fraction of sp³-hybridized carbons (Fsp3) is 0.538. The van der Waals surface area contributed by atoms with Gasteiger partial charge in [0.15, 0.2) is 0 Å². The first-order chi connectivity index (χ1) is 7.36. The van der Waals surface area contributed by atoms with E-state index >= 15 is 0 Å². The second-order valence-electron chi connectivity index (χ2n) is 5.13. The number of halogens is 3. The van der Waals surface area contributed by atoms with Gasteiger partial charge in [0.25, 0.3) is 0 Å². The molecule has 1 rings (SSSR count). The molecule has 0 heterocycles. The van der Waals surface area contributed by atoms with Gasteiger partial charge in [-0.15, -0.1) is 0 Å². The number of benzene rings is 1. The Labute approximate surface area is 110 Å². The van der Waals surface area contributed by atoms with Crippen molar-refractivity contribution in [3.05, 3.63) is 34.6 Å². The van der Waals surface area contributed by atoms with Crippen LogP contribution in [0.4, 0.5) is 4.39 Å². The van der Waals surface area contributed by atoms with Crippen LogP contribution in [0.1, 0.15) is 26.3 Å². The van der Waals surface area contributed by atoms with Gasteiger partial charge in [-0.05, 0) is 29.4 Å². The normalized spacial score (nSPS) is 13.9. The van der Waals surface area contributed by atoms with Crippen LogP contribution in [0.2, 0.25) is 5.02 Å². The third-order valence-electron chi connectivity index (χ3n) is 2.91. The van der Waals surface area contributed by atoms with Crippen molar-refractivity contribution in [2.45, 2.75) is 27.2 Å². The van der Waals surface area contributed by atoms with Crippen molar-refractivity contribution in [3.8, 4) is 0 Å². The molecule has 0 aromatic heterocycles. The minimum atomic E-state index is -0.332. The zero-order valence-corrected chi connectivity index (χ0v) is 12.2. The average Bonchev–Trinajstić information content (AvgIpc) is 2.18. The Morgan fingerprint density at radius 3 is 2.50 bits per heavy atom. The van der Waals surface area contributed by atoms with E-state index in [1.807, 2.05) is 6.07 Å². The summed E-state index contributed by atoms with van der Waals surface area (Å²) in [5.41, 5.74) is 1.07. The van der Waals surface area contributed by atoms with Gasteiger partial charge in [-0.1, -0.05) is 60.4 Å². The largest absolute Gasteiger partial charge is 0.205 e. The number of alkyl halides is 1. The van der Waals surface area contributed by atoms with Crippen LogP contribution in [0.25, 0.3) is 0 Å². The summed E-state index contributed by atoms with van der Waals surface area (Å²) in [6, 6.07) is 5.00. The molecule has 0 bridgehead atoms. The van der Waals surface area contributed by atoms with E-state index in [1.54, 1.807) is 6.07 Å². The summed E-state index contributed by atoms with van der Waals surface area (Å²) in [7, 11) is 0. The van der Waals surface area contributed by atoms with E-state index in [0.717, 1.165) is 17.3 Å². The lowest BCUT2D eigenvalue weighted by atomic mass is 9.78. The molecule has 0 nitrogen and oxygen atoms in total. The van der Waals surface area contributed by atoms with E-state index in [0.29, 0.717) is 5.92 Å². The molecule has 0 radical (unpaired) electrons. The van der Waals surface area contributed by atoms with Gasteiger partial charge in [0, 0.05) is 5.33 Å². The second kappa shape index (κ2) is 5.50. The molecule has 0 aliphatic carbocycles. The third kappa shape index (κ3) is 3.46. The number of rotatable bonds is 3. The van der Waals surface area contributed by atoms with Crippen molar-refractivity contribution < 1.29 is 4.39 Å². The van der Waals surface area contributed by atoms with Gasteiger partial charge in [-0.3, -0.25) is 0 Å². The molecule has 0 amide bonds. The summed E-state index contributed by atoms with van der Waals surface area (Å²) in [6.07, 6.45) is 0.797. The van der Waals surface area contributed by atoms with E-state index in [1.165, 1.54) is 6.07 Å². The van der Waals surface area contributed by atoms with Crippen LogP contribution in [0, 0.1) is 17.2 Å². The van der Waals surface area contributed by atoms with Crippen molar-refractivity contribution in [2.75, 3.05) is 5.33 Å². The van der Waals surface area contributed by atoms with Crippen molar-refractivity contribution in [2.24, 2.45) is 11.3 Å². The molecule has 16 heavy (non-hydrogen) atoms. The molecule has 0 aliphatic rings. The Morgan fingerprint density at radius 2 is 2.00 bits per heavy atom. The maximum absolute atomic E-state index is 13.3. The summed E-state index contributed by atoms with van der Waals surface area (Å²) in [5, 5.41) is 1.15. The molecule has 0 spiro atoms. The highest BCUT2D eigenvalue weighted by molar-refractivity contribution is 9.09. The third-order valence-corrected chi connectivity index (χ3v) is 4.11. The predicted octanol–water partition coefficient (Wildman–Crippen LogP) is 5.08. The van der Waals surface area contributed by atoms with Crippen LogP contribution >= 0.6 is 27.5 Å². The highest BCUT2D eigenvalue weighted by atomic mass is 79.9. The van der Waals surface area contributed by atoms with Crippen LogP contribution in [-0.4, -0.2) is 5.33 Å². The van der Waals surface area contributed by atoms with Gasteiger partial charge in [0.1, 0.15) is 5.82 Å². The standard InChI is InChI=1S/C13H17BrClF/c1-13(2,3)10(8-14)7-9-5-4-6-11(16)12(9)15/h4-6,10H,7-8H2,1-3H3. The van der Waals surface area contributed by atoms with Gasteiger partial charge in [0.2, 0.25) is 0 Å². The Hall–Kier alpha value is -0.0800. The quantitative estimate of drug-likeness (QED) is 0.683. The first-order valence-electron chi connectivity index (χ1n) is 5.35. The Balaban J connectivity index is 2.91. The Kier molecular flexibility index (Phi) is 4.81. The molecule has 1 unspecified atom stereocenters. The predicted molar refractivity (Wildman–Crippen MR) is 71.9 cm³/mol. The van der Waals surface area contributed by atoms with Gasteiger partial charge >= 0.3 is 0 Å². The van der Waals surface area contributed by atoms with Gasteiger partial charge in [0.05, 0.1) is 5.02 Å². The Bertz CT molecular complexity index is 357. The van der Waals surface area contributed by atoms with Crippen molar-refractivity contribution in [1.29, 1.82) is 0 Å². The van der Waals surface area contributed by atoms with E-state index in [4.69, 9.17) is 11.6 Å². The van der Waals surface area contributed by atoms with Crippen LogP contribution in [0.5, 0.6) is 0 Å². The van der Waals surface area contributed by atoms with Crippen molar-refractivity contribution >= 4 is 27.5 Å². The summed E-state index contributed by atoms with van der Waals surface area (Å²) in [5.74, 6) is 0.105. The smallest absolute Gasteiger partial charge is 0.142 e. The maximum atomic E-state index is 13.3. The number of hydrogen-bond acceptors (Lipinski definition) is 0. The van der Waals surface area contributed by atoms with Crippen molar-refractivity contribution in [3.63, 3.8) is 0 Å². The van der Waals surface area contributed by atoms with Crippen LogP contribution in [-0.2, 0) is 6.42 Å². The van der Waals surface area contributed by atoms with E-state index in [-0.39, 0.29) is 16.3 Å². The SMILES string of the molecule is CC(C)(C)C(CBr)Cc1cccc(F)c1Cl. The van der Waals surface area contributed by atoms with Crippen LogP contribution in [0.15, 0.2) is 18.2 Å². The second-order valence-corrected chi connectivity index (χ2v) is 6.16. The van der Waals surface area contributed by atoms with Gasteiger partial charge in [-0.2, -0.15) is 0 Å². The summed E-state index contributed by atoms with van der Waals surface area (Å²) in [4.78, 5) is 0. The molecule has 0 fully saturated rings. The van der Waals surface area contributed by atoms with Gasteiger partial charge < -0.3 is 0 Å². The molecular formula is C13H17BrClF. The lowest BCUT2D eigenvalue weighted by molar-refractivity contribution is 0.266. The first kappa shape index (κ1) is 14.0. The minimum Gasteiger partial charge on any atom is -0.205 e. The highest BCUT2D eigenvalue weighted by Gasteiger charge is 2.24. The lowest BCUT2D eigenvalue weighted by Crippen LogP contribution is -2.24. The summed E-state index contributed by atoms with van der Waals surface area (Å²) >= 11 is 9.47.